The third kappa shape index (κ3) is 4.03. The summed E-state index contributed by atoms with van der Waals surface area (Å²) in [6.07, 6.45) is 0.444. The molecule has 1 aromatic carbocycles. The van der Waals surface area contributed by atoms with Gasteiger partial charge in [-0.25, -0.2) is 0 Å². The van der Waals surface area contributed by atoms with E-state index in [1.54, 1.807) is 6.07 Å². The Morgan fingerprint density at radius 1 is 1.50 bits per heavy atom. The molecule has 0 bridgehead atoms. The number of benzene rings is 1. The lowest BCUT2D eigenvalue weighted by Gasteiger charge is -2.17. The fourth-order valence-electron chi connectivity index (χ4n) is 1.34. The SMILES string of the molecule is NCC(OCCCO)c1ccc(Cl)cc1Br. The maximum atomic E-state index is 8.68. The van der Waals surface area contributed by atoms with Crippen LogP contribution in [0.15, 0.2) is 22.7 Å². The van der Waals surface area contributed by atoms with Gasteiger partial charge in [0.1, 0.15) is 0 Å². The van der Waals surface area contributed by atoms with Gasteiger partial charge in [-0.15, -0.1) is 0 Å². The minimum absolute atomic E-state index is 0.124. The Hall–Kier alpha value is -0.130. The molecule has 0 heterocycles. The molecule has 3 nitrogen and oxygen atoms in total. The van der Waals surface area contributed by atoms with Gasteiger partial charge in [0, 0.05) is 29.3 Å². The van der Waals surface area contributed by atoms with E-state index in [0.29, 0.717) is 24.6 Å². The molecule has 3 N–H and O–H groups in total. The molecule has 0 radical (unpaired) electrons. The molecule has 0 aromatic heterocycles. The van der Waals surface area contributed by atoms with Crippen LogP contribution in [0.1, 0.15) is 18.1 Å². The first-order valence-electron chi connectivity index (χ1n) is 5.06. The van der Waals surface area contributed by atoms with Gasteiger partial charge in [-0.1, -0.05) is 33.6 Å². The van der Waals surface area contributed by atoms with E-state index in [2.05, 4.69) is 15.9 Å². The Bertz CT molecular complexity index is 336. The van der Waals surface area contributed by atoms with Gasteiger partial charge in [0.05, 0.1) is 6.10 Å². The molecular formula is C11H15BrClNO2. The first-order chi connectivity index (χ1) is 7.69. The highest BCUT2D eigenvalue weighted by molar-refractivity contribution is 9.10. The van der Waals surface area contributed by atoms with E-state index in [9.17, 15) is 0 Å². The minimum atomic E-state index is -0.168. The molecule has 16 heavy (non-hydrogen) atoms. The standard InChI is InChI=1S/C11H15BrClNO2/c12-10-6-8(13)2-3-9(10)11(7-14)16-5-1-4-15/h2-3,6,11,15H,1,4-5,7,14H2. The topological polar surface area (TPSA) is 55.5 Å². The summed E-state index contributed by atoms with van der Waals surface area (Å²) < 4.78 is 6.47. The highest BCUT2D eigenvalue weighted by atomic mass is 79.9. The van der Waals surface area contributed by atoms with Gasteiger partial charge < -0.3 is 15.6 Å². The number of ether oxygens (including phenoxy) is 1. The molecule has 0 saturated carbocycles. The molecular weight excluding hydrogens is 293 g/mol. The van der Waals surface area contributed by atoms with Crippen LogP contribution >= 0.6 is 27.5 Å². The van der Waals surface area contributed by atoms with Crippen molar-refractivity contribution in [3.8, 4) is 0 Å². The van der Waals surface area contributed by atoms with Crippen LogP contribution in [0, 0.1) is 0 Å². The van der Waals surface area contributed by atoms with Crippen LogP contribution in [0.5, 0.6) is 0 Å². The lowest BCUT2D eigenvalue weighted by Crippen LogP contribution is -2.17. The summed E-state index contributed by atoms with van der Waals surface area (Å²) >= 11 is 9.28. The smallest absolute Gasteiger partial charge is 0.0957 e. The number of halogens is 2. The van der Waals surface area contributed by atoms with Crippen molar-refractivity contribution in [2.45, 2.75) is 12.5 Å². The van der Waals surface area contributed by atoms with Crippen molar-refractivity contribution in [3.05, 3.63) is 33.3 Å². The molecule has 0 amide bonds. The fourth-order valence-corrected chi connectivity index (χ4v) is 2.28. The van der Waals surface area contributed by atoms with E-state index in [1.807, 2.05) is 12.1 Å². The minimum Gasteiger partial charge on any atom is -0.396 e. The predicted molar refractivity (Wildman–Crippen MR) is 68.6 cm³/mol. The monoisotopic (exact) mass is 307 g/mol. The Morgan fingerprint density at radius 2 is 2.25 bits per heavy atom. The Morgan fingerprint density at radius 3 is 2.81 bits per heavy atom. The van der Waals surface area contributed by atoms with Gasteiger partial charge in [0.2, 0.25) is 0 Å². The quantitative estimate of drug-likeness (QED) is 0.794. The third-order valence-corrected chi connectivity index (χ3v) is 3.07. The van der Waals surface area contributed by atoms with E-state index >= 15 is 0 Å². The van der Waals surface area contributed by atoms with Crippen LogP contribution in [0.25, 0.3) is 0 Å². The second kappa shape index (κ2) is 7.25. The molecule has 0 aliphatic heterocycles. The van der Waals surface area contributed by atoms with Crippen LogP contribution in [0.2, 0.25) is 5.02 Å². The maximum Gasteiger partial charge on any atom is 0.0957 e. The third-order valence-electron chi connectivity index (χ3n) is 2.14. The molecule has 1 atom stereocenters. The van der Waals surface area contributed by atoms with E-state index < -0.39 is 0 Å². The lowest BCUT2D eigenvalue weighted by atomic mass is 10.1. The molecule has 0 fully saturated rings. The molecule has 0 aliphatic rings. The predicted octanol–water partition coefficient (Wildman–Crippen LogP) is 2.50. The van der Waals surface area contributed by atoms with Crippen molar-refractivity contribution in [1.82, 2.24) is 0 Å². The summed E-state index contributed by atoms with van der Waals surface area (Å²) in [5.74, 6) is 0. The Kier molecular flexibility index (Phi) is 6.31. The van der Waals surface area contributed by atoms with Gasteiger partial charge in [0.25, 0.3) is 0 Å². The Balaban J connectivity index is 2.70. The number of rotatable bonds is 6. The van der Waals surface area contributed by atoms with Crippen LogP contribution in [-0.4, -0.2) is 24.9 Å². The van der Waals surface area contributed by atoms with E-state index in [-0.39, 0.29) is 12.7 Å². The summed E-state index contributed by atoms with van der Waals surface area (Å²) in [5.41, 5.74) is 6.63. The molecule has 90 valence electrons. The lowest BCUT2D eigenvalue weighted by molar-refractivity contribution is 0.0484. The normalized spacial score (nSPS) is 12.8. The van der Waals surface area contributed by atoms with Crippen molar-refractivity contribution in [2.24, 2.45) is 5.73 Å². The van der Waals surface area contributed by atoms with E-state index in [1.165, 1.54) is 0 Å². The zero-order chi connectivity index (χ0) is 12.0. The number of hydrogen-bond donors (Lipinski definition) is 2. The van der Waals surface area contributed by atoms with Gasteiger partial charge in [0.15, 0.2) is 0 Å². The van der Waals surface area contributed by atoms with Crippen molar-refractivity contribution >= 4 is 27.5 Å². The second-order valence-corrected chi connectivity index (χ2v) is 4.63. The molecule has 5 heteroatoms. The largest absolute Gasteiger partial charge is 0.396 e. The van der Waals surface area contributed by atoms with Crippen LogP contribution in [-0.2, 0) is 4.74 Å². The molecule has 0 aliphatic carbocycles. The highest BCUT2D eigenvalue weighted by Crippen LogP contribution is 2.28. The number of nitrogens with two attached hydrogens (primary N) is 1. The average Bonchev–Trinajstić information content (AvgIpc) is 2.26. The second-order valence-electron chi connectivity index (χ2n) is 3.34. The Labute approximate surface area is 109 Å². The van der Waals surface area contributed by atoms with Crippen molar-refractivity contribution in [2.75, 3.05) is 19.8 Å². The summed E-state index contributed by atoms with van der Waals surface area (Å²) in [6, 6.07) is 5.51. The van der Waals surface area contributed by atoms with Gasteiger partial charge in [-0.3, -0.25) is 0 Å². The summed E-state index contributed by atoms with van der Waals surface area (Å²) in [6.45, 7) is 1.01. The molecule has 1 rings (SSSR count). The summed E-state index contributed by atoms with van der Waals surface area (Å²) in [7, 11) is 0. The maximum absolute atomic E-state index is 8.68. The molecule has 0 spiro atoms. The molecule has 1 aromatic rings. The molecule has 1 unspecified atom stereocenters. The average molecular weight is 309 g/mol. The summed E-state index contributed by atoms with van der Waals surface area (Å²) in [5, 5.41) is 9.34. The van der Waals surface area contributed by atoms with Crippen molar-refractivity contribution in [1.29, 1.82) is 0 Å². The summed E-state index contributed by atoms with van der Waals surface area (Å²) in [4.78, 5) is 0. The van der Waals surface area contributed by atoms with Crippen molar-refractivity contribution < 1.29 is 9.84 Å². The zero-order valence-electron chi connectivity index (χ0n) is 8.83. The van der Waals surface area contributed by atoms with Crippen LogP contribution in [0.4, 0.5) is 0 Å². The van der Waals surface area contributed by atoms with Crippen LogP contribution < -0.4 is 5.73 Å². The highest BCUT2D eigenvalue weighted by Gasteiger charge is 2.13. The number of aliphatic hydroxyl groups is 1. The first kappa shape index (κ1) is 13.9. The van der Waals surface area contributed by atoms with Crippen LogP contribution in [0.3, 0.4) is 0 Å². The number of hydrogen-bond acceptors (Lipinski definition) is 3. The zero-order valence-corrected chi connectivity index (χ0v) is 11.2. The van der Waals surface area contributed by atoms with Gasteiger partial charge >= 0.3 is 0 Å². The molecule has 0 saturated heterocycles. The van der Waals surface area contributed by atoms with Crippen molar-refractivity contribution in [3.63, 3.8) is 0 Å². The van der Waals surface area contributed by atoms with Gasteiger partial charge in [-0.05, 0) is 24.1 Å². The fraction of sp³-hybridized carbons (Fsp3) is 0.455. The number of aliphatic hydroxyl groups excluding tert-OH is 1. The van der Waals surface area contributed by atoms with Gasteiger partial charge in [-0.2, -0.15) is 0 Å². The van der Waals surface area contributed by atoms with E-state index in [0.717, 1.165) is 10.0 Å². The first-order valence-corrected chi connectivity index (χ1v) is 6.23. The van der Waals surface area contributed by atoms with E-state index in [4.69, 9.17) is 27.2 Å².